The fourth-order valence-corrected chi connectivity index (χ4v) is 5.40. The highest BCUT2D eigenvalue weighted by Crippen LogP contribution is 2.37. The Balaban J connectivity index is 1.41. The molecule has 1 atom stereocenters. The molecule has 0 aliphatic carbocycles. The monoisotopic (exact) mass is 280 g/mol. The van der Waals surface area contributed by atoms with E-state index in [1.165, 1.54) is 99.7 Å². The topological polar surface area (TPSA) is 0 Å². The summed E-state index contributed by atoms with van der Waals surface area (Å²) in [4.78, 5) is 0. The molecule has 2 nitrogen and oxygen atoms in total. The van der Waals surface area contributed by atoms with Gasteiger partial charge in [0.05, 0.1) is 52.9 Å². The third-order valence-corrected chi connectivity index (χ3v) is 6.90. The molecule has 4 aliphatic heterocycles. The van der Waals surface area contributed by atoms with Gasteiger partial charge in [-0.1, -0.05) is 6.92 Å². The largest absolute Gasteiger partial charge is 0.326 e. The van der Waals surface area contributed by atoms with Crippen LogP contribution < -0.4 is 0 Å². The number of likely N-dealkylation sites (tertiary alicyclic amines) is 1. The number of quaternary nitrogens is 2. The van der Waals surface area contributed by atoms with Crippen LogP contribution in [-0.4, -0.2) is 61.8 Å². The normalized spacial score (nSPS) is 39.9. The van der Waals surface area contributed by atoms with E-state index in [0.717, 1.165) is 11.8 Å². The van der Waals surface area contributed by atoms with Crippen LogP contribution in [-0.2, 0) is 0 Å². The molecule has 0 radical (unpaired) electrons. The maximum absolute atomic E-state index is 2.51. The van der Waals surface area contributed by atoms with E-state index in [2.05, 4.69) is 14.0 Å². The van der Waals surface area contributed by atoms with Crippen LogP contribution in [0.1, 0.15) is 51.9 Å². The van der Waals surface area contributed by atoms with Gasteiger partial charge in [-0.3, -0.25) is 0 Å². The van der Waals surface area contributed by atoms with E-state index in [0.29, 0.717) is 0 Å². The Hall–Kier alpha value is -0.0800. The van der Waals surface area contributed by atoms with Crippen molar-refractivity contribution in [2.75, 3.05) is 52.9 Å². The van der Waals surface area contributed by atoms with Gasteiger partial charge in [0, 0.05) is 31.6 Å². The summed E-state index contributed by atoms with van der Waals surface area (Å²) in [5.41, 5.74) is 0. The average Bonchev–Trinajstić information content (AvgIpc) is 2.46. The highest BCUT2D eigenvalue weighted by Gasteiger charge is 2.43. The number of unbranched alkanes of at least 4 members (excludes halogenated alkanes) is 1. The lowest BCUT2D eigenvalue weighted by molar-refractivity contribution is -0.947. The van der Waals surface area contributed by atoms with Gasteiger partial charge in [-0.2, -0.15) is 0 Å². The van der Waals surface area contributed by atoms with Crippen LogP contribution >= 0.6 is 0 Å². The molecule has 0 N–H and O–H groups in total. The number of fused-ring (bicyclic) bond motifs is 3. The Morgan fingerprint density at radius 2 is 1.50 bits per heavy atom. The van der Waals surface area contributed by atoms with Crippen LogP contribution in [0.4, 0.5) is 0 Å². The van der Waals surface area contributed by atoms with Crippen molar-refractivity contribution in [1.82, 2.24) is 0 Å². The molecule has 116 valence electrons. The molecular weight excluding hydrogens is 244 g/mol. The molecule has 1 unspecified atom stereocenters. The van der Waals surface area contributed by atoms with Crippen molar-refractivity contribution in [3.8, 4) is 0 Å². The lowest BCUT2D eigenvalue weighted by Gasteiger charge is -2.52. The Bertz CT molecular complexity index is 311. The Morgan fingerprint density at radius 3 is 2.15 bits per heavy atom. The maximum Gasteiger partial charge on any atom is 0.0815 e. The molecule has 4 aliphatic rings. The van der Waals surface area contributed by atoms with E-state index in [-0.39, 0.29) is 0 Å². The third-order valence-electron chi connectivity index (χ3n) is 6.90. The van der Waals surface area contributed by atoms with Crippen molar-refractivity contribution in [2.45, 2.75) is 51.9 Å². The molecule has 0 aromatic heterocycles. The van der Waals surface area contributed by atoms with Gasteiger partial charge in [-0.05, 0) is 25.2 Å². The lowest BCUT2D eigenvalue weighted by atomic mass is 9.78. The molecular formula is C18H36N2+2. The number of piperidine rings is 4. The molecule has 20 heavy (non-hydrogen) atoms. The zero-order chi connectivity index (χ0) is 14.1. The summed E-state index contributed by atoms with van der Waals surface area (Å²) < 4.78 is 2.86. The van der Waals surface area contributed by atoms with E-state index < -0.39 is 0 Å². The van der Waals surface area contributed by atoms with E-state index in [1.54, 1.807) is 0 Å². The predicted octanol–water partition coefficient (Wildman–Crippen LogP) is 3.27. The molecule has 0 spiro atoms. The van der Waals surface area contributed by atoms with Crippen molar-refractivity contribution in [1.29, 1.82) is 0 Å². The summed E-state index contributed by atoms with van der Waals surface area (Å²) in [6.45, 7) is 12.8. The first-order valence-corrected chi connectivity index (χ1v) is 9.30. The summed E-state index contributed by atoms with van der Waals surface area (Å²) in [6, 6.07) is 0. The molecule has 4 rings (SSSR count). The van der Waals surface area contributed by atoms with E-state index in [9.17, 15) is 0 Å². The standard InChI is InChI=1S/C18H36N2/c1-17-16-20(14-8-18(17)9-15-20)13-7-6-12-19(2)10-4-3-5-11-19/h17-18H,3-16H2,1-2H3/q+2. The molecule has 0 aromatic carbocycles. The Labute approximate surface area is 126 Å². The van der Waals surface area contributed by atoms with Crippen molar-refractivity contribution in [3.63, 3.8) is 0 Å². The van der Waals surface area contributed by atoms with Crippen molar-refractivity contribution >= 4 is 0 Å². The first-order valence-electron chi connectivity index (χ1n) is 9.30. The summed E-state index contributed by atoms with van der Waals surface area (Å²) in [7, 11) is 2.50. The molecule has 0 amide bonds. The van der Waals surface area contributed by atoms with Gasteiger partial charge in [0.2, 0.25) is 0 Å². The predicted molar refractivity (Wildman–Crippen MR) is 85.5 cm³/mol. The fraction of sp³-hybridized carbons (Fsp3) is 1.00. The van der Waals surface area contributed by atoms with E-state index in [1.807, 2.05) is 0 Å². The second-order valence-electron chi connectivity index (χ2n) is 8.57. The molecule has 0 saturated carbocycles. The molecule has 2 bridgehead atoms. The zero-order valence-electron chi connectivity index (χ0n) is 13.9. The second-order valence-corrected chi connectivity index (χ2v) is 8.57. The highest BCUT2D eigenvalue weighted by atomic mass is 15.4. The first-order chi connectivity index (χ1) is 9.61. The molecule has 0 aromatic rings. The lowest BCUT2D eigenvalue weighted by Crippen LogP contribution is -2.61. The SMILES string of the molecule is CC1C[N+]2(CCCC[N+]3(C)CCCCC3)CCC1CC2. The molecule has 4 saturated heterocycles. The van der Waals surface area contributed by atoms with Gasteiger partial charge in [-0.25, -0.2) is 0 Å². The first kappa shape index (κ1) is 14.8. The smallest absolute Gasteiger partial charge is 0.0815 e. The Kier molecular flexibility index (Phi) is 4.42. The molecule has 4 fully saturated rings. The Morgan fingerprint density at radius 1 is 0.850 bits per heavy atom. The van der Waals surface area contributed by atoms with Crippen LogP contribution in [0.3, 0.4) is 0 Å². The van der Waals surface area contributed by atoms with E-state index in [4.69, 9.17) is 0 Å². The summed E-state index contributed by atoms with van der Waals surface area (Å²) >= 11 is 0. The van der Waals surface area contributed by atoms with Gasteiger partial charge in [0.15, 0.2) is 0 Å². The summed E-state index contributed by atoms with van der Waals surface area (Å²) in [5, 5.41) is 0. The van der Waals surface area contributed by atoms with Crippen LogP contribution in [0.15, 0.2) is 0 Å². The zero-order valence-corrected chi connectivity index (χ0v) is 13.9. The van der Waals surface area contributed by atoms with Gasteiger partial charge in [0.1, 0.15) is 0 Å². The van der Waals surface area contributed by atoms with Crippen molar-refractivity contribution in [2.24, 2.45) is 11.8 Å². The number of hydrogen-bond acceptors (Lipinski definition) is 0. The minimum Gasteiger partial charge on any atom is -0.326 e. The quantitative estimate of drug-likeness (QED) is 0.535. The van der Waals surface area contributed by atoms with Crippen LogP contribution in [0.25, 0.3) is 0 Å². The second kappa shape index (κ2) is 5.96. The third kappa shape index (κ3) is 3.22. The van der Waals surface area contributed by atoms with E-state index >= 15 is 0 Å². The van der Waals surface area contributed by atoms with Crippen LogP contribution in [0.5, 0.6) is 0 Å². The minimum atomic E-state index is 1.00. The van der Waals surface area contributed by atoms with Crippen molar-refractivity contribution in [3.05, 3.63) is 0 Å². The van der Waals surface area contributed by atoms with Crippen LogP contribution in [0.2, 0.25) is 0 Å². The number of hydrogen-bond donors (Lipinski definition) is 0. The fourth-order valence-electron chi connectivity index (χ4n) is 5.40. The number of rotatable bonds is 5. The van der Waals surface area contributed by atoms with Gasteiger partial charge < -0.3 is 8.97 Å². The summed E-state index contributed by atoms with van der Waals surface area (Å²) in [6.07, 6.45) is 10.4. The minimum absolute atomic E-state index is 1.00. The molecule has 2 heteroatoms. The summed E-state index contributed by atoms with van der Waals surface area (Å²) in [5.74, 6) is 2.08. The van der Waals surface area contributed by atoms with Crippen molar-refractivity contribution < 1.29 is 8.97 Å². The molecule has 4 heterocycles. The van der Waals surface area contributed by atoms with Gasteiger partial charge >= 0.3 is 0 Å². The highest BCUT2D eigenvalue weighted by molar-refractivity contribution is 4.77. The van der Waals surface area contributed by atoms with Crippen LogP contribution in [0, 0.1) is 11.8 Å². The van der Waals surface area contributed by atoms with Gasteiger partial charge in [-0.15, -0.1) is 0 Å². The number of nitrogens with zero attached hydrogens (tertiary/aromatic N) is 2. The van der Waals surface area contributed by atoms with Gasteiger partial charge in [0.25, 0.3) is 0 Å². The average molecular weight is 280 g/mol. The maximum atomic E-state index is 2.51.